The van der Waals surface area contributed by atoms with Gasteiger partial charge in [-0.05, 0) is 37.8 Å². The Morgan fingerprint density at radius 2 is 2.17 bits per heavy atom. The average Bonchev–Trinajstić information content (AvgIpc) is 2.38. The molecule has 1 aliphatic heterocycles. The molecule has 3 heteroatoms. The third kappa shape index (κ3) is 3.71. The molecule has 1 fully saturated rings. The molecule has 0 aromatic rings. The van der Waals surface area contributed by atoms with Gasteiger partial charge in [0.25, 0.3) is 0 Å². The van der Waals surface area contributed by atoms with E-state index >= 15 is 0 Å². The highest BCUT2D eigenvalue weighted by atomic mass is 16.2. The Morgan fingerprint density at radius 1 is 1.50 bits per heavy atom. The lowest BCUT2D eigenvalue weighted by Gasteiger charge is -2.39. The summed E-state index contributed by atoms with van der Waals surface area (Å²) < 4.78 is 0. The highest BCUT2D eigenvalue weighted by Gasteiger charge is 2.38. The summed E-state index contributed by atoms with van der Waals surface area (Å²) in [5.41, 5.74) is -0.240. The second kappa shape index (κ2) is 6.55. The Balaban J connectivity index is 2.61. The van der Waals surface area contributed by atoms with Crippen LogP contribution in [0.5, 0.6) is 0 Å². The van der Waals surface area contributed by atoms with Gasteiger partial charge in [-0.15, -0.1) is 0 Å². The normalized spacial score (nSPS) is 22.6. The first-order valence-electron chi connectivity index (χ1n) is 7.35. The van der Waals surface area contributed by atoms with Crippen molar-refractivity contribution < 1.29 is 4.79 Å². The maximum atomic E-state index is 12.6. The standard InChI is InChI=1S/C15H30N2O/c1-6-12(2)11-17(5)14(18)15(3,4)13-8-7-9-16-10-13/h12-13,16H,6-11H2,1-5H3. The van der Waals surface area contributed by atoms with Crippen LogP contribution in [0.15, 0.2) is 0 Å². The largest absolute Gasteiger partial charge is 0.345 e. The van der Waals surface area contributed by atoms with Crippen LogP contribution in [0.4, 0.5) is 0 Å². The molecule has 18 heavy (non-hydrogen) atoms. The van der Waals surface area contributed by atoms with Crippen LogP contribution in [0, 0.1) is 17.3 Å². The van der Waals surface area contributed by atoms with Crippen LogP contribution in [-0.2, 0) is 4.79 Å². The van der Waals surface area contributed by atoms with Crippen molar-refractivity contribution in [3.63, 3.8) is 0 Å². The molecular formula is C15H30N2O. The van der Waals surface area contributed by atoms with Crippen LogP contribution in [0.25, 0.3) is 0 Å². The fourth-order valence-electron chi connectivity index (χ4n) is 2.81. The SMILES string of the molecule is CCC(C)CN(C)C(=O)C(C)(C)C1CCCNC1. The number of amides is 1. The number of nitrogens with one attached hydrogen (secondary N) is 1. The summed E-state index contributed by atoms with van der Waals surface area (Å²) in [5, 5.41) is 3.42. The highest BCUT2D eigenvalue weighted by Crippen LogP contribution is 2.33. The van der Waals surface area contributed by atoms with Crippen molar-refractivity contribution in [2.75, 3.05) is 26.7 Å². The maximum absolute atomic E-state index is 12.6. The number of piperidine rings is 1. The predicted octanol–water partition coefficient (Wildman–Crippen LogP) is 2.52. The molecule has 1 rings (SSSR count). The number of rotatable bonds is 5. The molecule has 106 valence electrons. The summed E-state index contributed by atoms with van der Waals surface area (Å²) in [6.07, 6.45) is 3.49. The van der Waals surface area contributed by atoms with Crippen LogP contribution in [0.2, 0.25) is 0 Å². The van der Waals surface area contributed by atoms with E-state index in [0.29, 0.717) is 17.7 Å². The Kier molecular flexibility index (Phi) is 5.64. The van der Waals surface area contributed by atoms with Crippen LogP contribution in [0.1, 0.15) is 47.0 Å². The minimum atomic E-state index is -0.240. The molecule has 0 spiro atoms. The van der Waals surface area contributed by atoms with E-state index in [1.807, 2.05) is 11.9 Å². The first-order chi connectivity index (χ1) is 8.39. The summed E-state index contributed by atoms with van der Waals surface area (Å²) in [6.45, 7) is 11.6. The zero-order valence-electron chi connectivity index (χ0n) is 12.8. The van der Waals surface area contributed by atoms with Gasteiger partial charge in [-0.2, -0.15) is 0 Å². The Morgan fingerprint density at radius 3 is 2.67 bits per heavy atom. The van der Waals surface area contributed by atoms with Gasteiger partial charge in [0, 0.05) is 19.0 Å². The number of hydrogen-bond acceptors (Lipinski definition) is 2. The quantitative estimate of drug-likeness (QED) is 0.817. The summed E-state index contributed by atoms with van der Waals surface area (Å²) >= 11 is 0. The van der Waals surface area contributed by atoms with Gasteiger partial charge in [0.15, 0.2) is 0 Å². The smallest absolute Gasteiger partial charge is 0.228 e. The van der Waals surface area contributed by atoms with Gasteiger partial charge in [0.2, 0.25) is 5.91 Å². The molecule has 1 N–H and O–H groups in total. The first kappa shape index (κ1) is 15.5. The van der Waals surface area contributed by atoms with E-state index in [2.05, 4.69) is 33.0 Å². The van der Waals surface area contributed by atoms with Crippen LogP contribution < -0.4 is 5.32 Å². The average molecular weight is 254 g/mol. The zero-order valence-corrected chi connectivity index (χ0v) is 12.8. The fourth-order valence-corrected chi connectivity index (χ4v) is 2.81. The number of carbonyl (C=O) groups is 1. The van der Waals surface area contributed by atoms with Crippen molar-refractivity contribution in [2.45, 2.75) is 47.0 Å². The zero-order chi connectivity index (χ0) is 13.8. The predicted molar refractivity (Wildman–Crippen MR) is 76.5 cm³/mol. The maximum Gasteiger partial charge on any atom is 0.228 e. The Bertz CT molecular complexity index is 270. The lowest BCUT2D eigenvalue weighted by atomic mass is 9.74. The lowest BCUT2D eigenvalue weighted by molar-refractivity contribution is -0.143. The summed E-state index contributed by atoms with van der Waals surface area (Å²) in [5.74, 6) is 1.36. The van der Waals surface area contributed by atoms with Crippen LogP contribution in [0.3, 0.4) is 0 Å². The van der Waals surface area contributed by atoms with Crippen LogP contribution in [-0.4, -0.2) is 37.5 Å². The topological polar surface area (TPSA) is 32.3 Å². The van der Waals surface area contributed by atoms with Gasteiger partial charge in [-0.3, -0.25) is 4.79 Å². The van der Waals surface area contributed by atoms with Gasteiger partial charge in [0.05, 0.1) is 0 Å². The summed E-state index contributed by atoms with van der Waals surface area (Å²) in [7, 11) is 1.95. The molecule has 0 radical (unpaired) electrons. The second-order valence-corrected chi connectivity index (χ2v) is 6.46. The first-order valence-corrected chi connectivity index (χ1v) is 7.35. The molecule has 0 aromatic carbocycles. The molecule has 1 amide bonds. The van der Waals surface area contributed by atoms with E-state index < -0.39 is 0 Å². The van der Waals surface area contributed by atoms with Gasteiger partial charge >= 0.3 is 0 Å². The number of hydrogen-bond donors (Lipinski definition) is 1. The molecule has 0 aliphatic carbocycles. The second-order valence-electron chi connectivity index (χ2n) is 6.46. The van der Waals surface area contributed by atoms with E-state index in [4.69, 9.17) is 0 Å². The van der Waals surface area contributed by atoms with E-state index in [-0.39, 0.29) is 5.41 Å². The van der Waals surface area contributed by atoms with Crippen molar-refractivity contribution in [3.8, 4) is 0 Å². The van der Waals surface area contributed by atoms with Crippen molar-refractivity contribution in [1.29, 1.82) is 0 Å². The molecule has 2 atom stereocenters. The molecular weight excluding hydrogens is 224 g/mol. The third-order valence-corrected chi connectivity index (χ3v) is 4.50. The van der Waals surface area contributed by atoms with Crippen LogP contribution >= 0.6 is 0 Å². The van der Waals surface area contributed by atoms with E-state index in [1.54, 1.807) is 0 Å². The lowest BCUT2D eigenvalue weighted by Crippen LogP contribution is -2.48. The van der Waals surface area contributed by atoms with Crippen molar-refractivity contribution in [3.05, 3.63) is 0 Å². The minimum absolute atomic E-state index is 0.240. The van der Waals surface area contributed by atoms with E-state index in [0.717, 1.165) is 26.1 Å². The summed E-state index contributed by atoms with van der Waals surface area (Å²) in [4.78, 5) is 14.5. The highest BCUT2D eigenvalue weighted by molar-refractivity contribution is 5.82. The molecule has 2 unspecified atom stereocenters. The minimum Gasteiger partial charge on any atom is -0.345 e. The number of carbonyl (C=O) groups excluding carboxylic acids is 1. The molecule has 0 aromatic heterocycles. The van der Waals surface area contributed by atoms with Crippen molar-refractivity contribution >= 4 is 5.91 Å². The van der Waals surface area contributed by atoms with E-state index in [9.17, 15) is 4.79 Å². The molecule has 1 aliphatic rings. The fraction of sp³-hybridized carbons (Fsp3) is 0.933. The van der Waals surface area contributed by atoms with Gasteiger partial charge in [-0.1, -0.05) is 34.1 Å². The van der Waals surface area contributed by atoms with Crippen molar-refractivity contribution in [2.24, 2.45) is 17.3 Å². The molecule has 0 bridgehead atoms. The van der Waals surface area contributed by atoms with Gasteiger partial charge in [0.1, 0.15) is 0 Å². The van der Waals surface area contributed by atoms with Crippen molar-refractivity contribution in [1.82, 2.24) is 10.2 Å². The Hall–Kier alpha value is -0.570. The number of nitrogens with zero attached hydrogens (tertiary/aromatic N) is 1. The summed E-state index contributed by atoms with van der Waals surface area (Å²) in [6, 6.07) is 0. The third-order valence-electron chi connectivity index (χ3n) is 4.50. The Labute approximate surface area is 112 Å². The van der Waals surface area contributed by atoms with E-state index in [1.165, 1.54) is 12.8 Å². The molecule has 3 nitrogen and oxygen atoms in total. The van der Waals surface area contributed by atoms with Gasteiger partial charge in [-0.25, -0.2) is 0 Å². The monoisotopic (exact) mass is 254 g/mol. The molecule has 0 saturated carbocycles. The van der Waals surface area contributed by atoms with Gasteiger partial charge < -0.3 is 10.2 Å². The molecule has 1 heterocycles. The molecule has 1 saturated heterocycles.